The molecule has 0 saturated carbocycles. The van der Waals surface area contributed by atoms with Gasteiger partial charge in [0, 0.05) is 19.3 Å². The van der Waals surface area contributed by atoms with E-state index in [0.29, 0.717) is 5.69 Å². The number of amides is 2. The highest BCUT2D eigenvalue weighted by molar-refractivity contribution is 5.89. The molecular weight excluding hydrogens is 248 g/mol. The molecule has 106 valence electrons. The number of hydrogen-bond donors (Lipinski definition) is 2. The van der Waals surface area contributed by atoms with E-state index in [0.717, 1.165) is 12.8 Å². The van der Waals surface area contributed by atoms with Crippen molar-refractivity contribution in [1.82, 2.24) is 14.7 Å². The van der Waals surface area contributed by atoms with Gasteiger partial charge in [-0.15, -0.1) is 0 Å². The summed E-state index contributed by atoms with van der Waals surface area (Å²) in [6.07, 6.45) is 4.86. The van der Waals surface area contributed by atoms with Crippen molar-refractivity contribution >= 4 is 17.7 Å². The molecule has 2 amide bonds. The van der Waals surface area contributed by atoms with Gasteiger partial charge in [0.15, 0.2) is 0 Å². The van der Waals surface area contributed by atoms with E-state index in [9.17, 15) is 9.59 Å². The van der Waals surface area contributed by atoms with Gasteiger partial charge in [0.1, 0.15) is 6.54 Å². The van der Waals surface area contributed by atoms with Gasteiger partial charge in [0.25, 0.3) is 0 Å². The standard InChI is InChI=1S/C12H20N4O3/c1-4-5-9(2)15(3)12(19)14-10-6-13-16(7-10)8-11(17)18/h6-7,9H,4-5,8H2,1-3H3,(H,14,19)(H,17,18). The first-order valence-corrected chi connectivity index (χ1v) is 6.22. The monoisotopic (exact) mass is 268 g/mol. The second kappa shape index (κ2) is 6.77. The number of rotatable bonds is 6. The second-order valence-electron chi connectivity index (χ2n) is 4.50. The average Bonchev–Trinajstić information content (AvgIpc) is 2.74. The summed E-state index contributed by atoms with van der Waals surface area (Å²) in [7, 11) is 1.73. The first kappa shape index (κ1) is 15.0. The minimum absolute atomic E-state index is 0.152. The fourth-order valence-corrected chi connectivity index (χ4v) is 1.68. The first-order valence-electron chi connectivity index (χ1n) is 6.22. The summed E-state index contributed by atoms with van der Waals surface area (Å²) < 4.78 is 1.26. The fraction of sp³-hybridized carbons (Fsp3) is 0.583. The van der Waals surface area contributed by atoms with Gasteiger partial charge in [-0.1, -0.05) is 13.3 Å². The molecule has 1 aromatic heterocycles. The van der Waals surface area contributed by atoms with Gasteiger partial charge in [-0.3, -0.25) is 9.48 Å². The van der Waals surface area contributed by atoms with Gasteiger partial charge >= 0.3 is 12.0 Å². The molecule has 0 fully saturated rings. The number of nitrogens with zero attached hydrogens (tertiary/aromatic N) is 3. The summed E-state index contributed by atoms with van der Waals surface area (Å²) in [6, 6.07) is -0.0742. The van der Waals surface area contributed by atoms with Crippen LogP contribution in [0.15, 0.2) is 12.4 Å². The number of carboxylic acid groups (broad SMARTS) is 1. The summed E-state index contributed by atoms with van der Waals surface area (Å²) in [6.45, 7) is 3.83. The highest BCUT2D eigenvalue weighted by Crippen LogP contribution is 2.09. The molecule has 1 unspecified atom stereocenters. The van der Waals surface area contributed by atoms with Crippen LogP contribution in [-0.4, -0.2) is 44.9 Å². The van der Waals surface area contributed by atoms with E-state index in [4.69, 9.17) is 5.11 Å². The van der Waals surface area contributed by atoms with Crippen molar-refractivity contribution in [2.24, 2.45) is 0 Å². The maximum absolute atomic E-state index is 11.9. The number of carbonyl (C=O) groups excluding carboxylic acids is 1. The Kier molecular flexibility index (Phi) is 5.35. The Morgan fingerprint density at radius 3 is 2.84 bits per heavy atom. The van der Waals surface area contributed by atoms with E-state index in [1.54, 1.807) is 11.9 Å². The Morgan fingerprint density at radius 2 is 2.26 bits per heavy atom. The molecule has 7 nitrogen and oxygen atoms in total. The highest BCUT2D eigenvalue weighted by atomic mass is 16.4. The van der Waals surface area contributed by atoms with Crippen molar-refractivity contribution in [2.45, 2.75) is 39.3 Å². The van der Waals surface area contributed by atoms with E-state index in [1.165, 1.54) is 17.1 Å². The molecule has 0 radical (unpaired) electrons. The Bertz CT molecular complexity index is 444. The number of hydrogen-bond acceptors (Lipinski definition) is 3. The van der Waals surface area contributed by atoms with Crippen LogP contribution in [0.1, 0.15) is 26.7 Å². The summed E-state index contributed by atoms with van der Waals surface area (Å²) in [5, 5.41) is 15.2. The van der Waals surface area contributed by atoms with E-state index in [1.807, 2.05) is 6.92 Å². The van der Waals surface area contributed by atoms with Gasteiger partial charge in [0.2, 0.25) is 0 Å². The molecule has 0 aromatic carbocycles. The van der Waals surface area contributed by atoms with Crippen LogP contribution < -0.4 is 5.32 Å². The molecule has 0 spiro atoms. The number of carbonyl (C=O) groups is 2. The maximum Gasteiger partial charge on any atom is 0.325 e. The summed E-state index contributed by atoms with van der Waals surface area (Å²) >= 11 is 0. The molecule has 2 N–H and O–H groups in total. The molecule has 1 heterocycles. The Balaban J connectivity index is 2.56. The number of aromatic nitrogens is 2. The zero-order valence-electron chi connectivity index (χ0n) is 11.5. The Morgan fingerprint density at radius 1 is 1.58 bits per heavy atom. The third-order valence-electron chi connectivity index (χ3n) is 2.87. The Hall–Kier alpha value is -2.05. The second-order valence-corrected chi connectivity index (χ2v) is 4.50. The summed E-state index contributed by atoms with van der Waals surface area (Å²) in [4.78, 5) is 24.1. The number of anilines is 1. The van der Waals surface area contributed by atoms with Crippen LogP contribution in [0.25, 0.3) is 0 Å². The largest absolute Gasteiger partial charge is 0.480 e. The predicted octanol–water partition coefficient (Wildman–Crippen LogP) is 1.62. The molecule has 1 atom stereocenters. The topological polar surface area (TPSA) is 87.5 Å². The molecule has 1 aromatic rings. The molecule has 7 heteroatoms. The highest BCUT2D eigenvalue weighted by Gasteiger charge is 2.15. The van der Waals surface area contributed by atoms with Gasteiger partial charge < -0.3 is 15.3 Å². The van der Waals surface area contributed by atoms with Crippen molar-refractivity contribution < 1.29 is 14.7 Å². The molecule has 0 bridgehead atoms. The van der Waals surface area contributed by atoms with Crippen molar-refractivity contribution in [1.29, 1.82) is 0 Å². The summed E-state index contributed by atoms with van der Waals surface area (Å²) in [5.41, 5.74) is 0.488. The zero-order valence-corrected chi connectivity index (χ0v) is 11.5. The quantitative estimate of drug-likeness (QED) is 0.820. The first-order chi connectivity index (χ1) is 8.93. The molecule has 19 heavy (non-hydrogen) atoms. The van der Waals surface area contributed by atoms with Crippen LogP contribution in [0, 0.1) is 0 Å². The minimum atomic E-state index is -0.977. The average molecular weight is 268 g/mol. The predicted molar refractivity (Wildman–Crippen MR) is 71.0 cm³/mol. The van der Waals surface area contributed by atoms with Crippen molar-refractivity contribution in [3.05, 3.63) is 12.4 Å². The van der Waals surface area contributed by atoms with E-state index < -0.39 is 5.97 Å². The van der Waals surface area contributed by atoms with Crippen molar-refractivity contribution in [3.63, 3.8) is 0 Å². The van der Waals surface area contributed by atoms with E-state index >= 15 is 0 Å². The number of urea groups is 1. The van der Waals surface area contributed by atoms with Crippen LogP contribution in [0.2, 0.25) is 0 Å². The number of carboxylic acids is 1. The normalized spacial score (nSPS) is 11.9. The van der Waals surface area contributed by atoms with Crippen LogP contribution in [0.4, 0.5) is 10.5 Å². The van der Waals surface area contributed by atoms with Crippen LogP contribution in [0.5, 0.6) is 0 Å². The minimum Gasteiger partial charge on any atom is -0.480 e. The molecule has 0 aliphatic heterocycles. The third-order valence-corrected chi connectivity index (χ3v) is 2.87. The molecule has 1 rings (SSSR count). The van der Waals surface area contributed by atoms with Crippen LogP contribution in [0.3, 0.4) is 0 Å². The number of nitrogens with one attached hydrogen (secondary N) is 1. The lowest BCUT2D eigenvalue weighted by molar-refractivity contribution is -0.137. The van der Waals surface area contributed by atoms with E-state index in [-0.39, 0.29) is 18.6 Å². The molecule has 0 aliphatic rings. The van der Waals surface area contributed by atoms with Gasteiger partial charge in [-0.2, -0.15) is 5.10 Å². The van der Waals surface area contributed by atoms with Gasteiger partial charge in [0.05, 0.1) is 11.9 Å². The fourth-order valence-electron chi connectivity index (χ4n) is 1.68. The SMILES string of the molecule is CCCC(C)N(C)C(=O)Nc1cnn(CC(=O)O)c1. The smallest absolute Gasteiger partial charge is 0.325 e. The van der Waals surface area contributed by atoms with Crippen molar-refractivity contribution in [3.8, 4) is 0 Å². The summed E-state index contributed by atoms with van der Waals surface area (Å²) in [5.74, 6) is -0.977. The van der Waals surface area contributed by atoms with Crippen LogP contribution in [-0.2, 0) is 11.3 Å². The number of aliphatic carboxylic acids is 1. The molecule has 0 aliphatic carbocycles. The maximum atomic E-state index is 11.9. The lowest BCUT2D eigenvalue weighted by atomic mass is 10.2. The third kappa shape index (κ3) is 4.61. The van der Waals surface area contributed by atoms with Crippen LogP contribution >= 0.6 is 0 Å². The lowest BCUT2D eigenvalue weighted by Crippen LogP contribution is -2.38. The zero-order chi connectivity index (χ0) is 14.4. The van der Waals surface area contributed by atoms with Gasteiger partial charge in [-0.25, -0.2) is 4.79 Å². The van der Waals surface area contributed by atoms with Crippen molar-refractivity contribution in [2.75, 3.05) is 12.4 Å². The molecule has 0 saturated heterocycles. The Labute approximate surface area is 112 Å². The van der Waals surface area contributed by atoms with E-state index in [2.05, 4.69) is 17.3 Å². The molecular formula is C12H20N4O3. The van der Waals surface area contributed by atoms with Gasteiger partial charge in [-0.05, 0) is 13.3 Å². The lowest BCUT2D eigenvalue weighted by Gasteiger charge is -2.24.